The summed E-state index contributed by atoms with van der Waals surface area (Å²) in [7, 11) is 0. The van der Waals surface area contributed by atoms with Crippen LogP contribution in [0.2, 0.25) is 0 Å². The van der Waals surface area contributed by atoms with Crippen LogP contribution in [0.25, 0.3) is 0 Å². The third kappa shape index (κ3) is 2.64. The largest absolute Gasteiger partial charge is 0.380 e. The first-order valence-corrected chi connectivity index (χ1v) is 8.19. The van der Waals surface area contributed by atoms with Crippen LogP contribution in [0.1, 0.15) is 25.7 Å². The standard InChI is InChI=1S/C16H24N4O/c1-6-17-15(18-7-1)20-10-5-16(13-20)3-8-19(9-4-16)14-2-11-21-12-14/h1,6-7,14H,2-5,8-13H2/t14-/m0/s1. The highest BCUT2D eigenvalue weighted by atomic mass is 16.5. The number of piperidine rings is 1. The van der Waals surface area contributed by atoms with Crippen LogP contribution >= 0.6 is 0 Å². The molecule has 114 valence electrons. The minimum atomic E-state index is 0.495. The summed E-state index contributed by atoms with van der Waals surface area (Å²) in [5.41, 5.74) is 0.495. The molecular weight excluding hydrogens is 264 g/mol. The highest BCUT2D eigenvalue weighted by molar-refractivity contribution is 5.31. The summed E-state index contributed by atoms with van der Waals surface area (Å²) in [6.45, 7) is 6.60. The van der Waals surface area contributed by atoms with Gasteiger partial charge in [-0.15, -0.1) is 0 Å². The summed E-state index contributed by atoms with van der Waals surface area (Å²) in [4.78, 5) is 13.8. The Balaban J connectivity index is 1.37. The van der Waals surface area contributed by atoms with Crippen LogP contribution < -0.4 is 4.90 Å². The molecule has 0 amide bonds. The fourth-order valence-electron chi connectivity index (χ4n) is 4.14. The first kappa shape index (κ1) is 13.5. The van der Waals surface area contributed by atoms with E-state index in [4.69, 9.17) is 4.74 Å². The Labute approximate surface area is 126 Å². The highest BCUT2D eigenvalue weighted by Gasteiger charge is 2.42. The minimum absolute atomic E-state index is 0.495. The molecule has 1 spiro atoms. The molecule has 0 N–H and O–H groups in total. The van der Waals surface area contributed by atoms with E-state index in [2.05, 4.69) is 19.8 Å². The second kappa shape index (κ2) is 5.54. The average molecular weight is 288 g/mol. The summed E-state index contributed by atoms with van der Waals surface area (Å²) >= 11 is 0. The van der Waals surface area contributed by atoms with Gasteiger partial charge in [0.2, 0.25) is 5.95 Å². The van der Waals surface area contributed by atoms with Crippen LogP contribution in [0, 0.1) is 5.41 Å². The monoisotopic (exact) mass is 288 g/mol. The Hall–Kier alpha value is -1.20. The van der Waals surface area contributed by atoms with Gasteiger partial charge < -0.3 is 9.64 Å². The predicted molar refractivity (Wildman–Crippen MR) is 81.3 cm³/mol. The Morgan fingerprint density at radius 2 is 1.86 bits per heavy atom. The molecule has 1 atom stereocenters. The van der Waals surface area contributed by atoms with E-state index in [9.17, 15) is 0 Å². The maximum atomic E-state index is 5.54. The quantitative estimate of drug-likeness (QED) is 0.826. The van der Waals surface area contributed by atoms with Crippen molar-refractivity contribution in [1.82, 2.24) is 14.9 Å². The van der Waals surface area contributed by atoms with Gasteiger partial charge in [0, 0.05) is 38.1 Å². The maximum Gasteiger partial charge on any atom is 0.225 e. The second-order valence-electron chi connectivity index (χ2n) is 6.77. The molecule has 3 aliphatic rings. The molecule has 5 nitrogen and oxygen atoms in total. The number of anilines is 1. The third-order valence-corrected chi connectivity index (χ3v) is 5.55. The van der Waals surface area contributed by atoms with Crippen LogP contribution in [-0.2, 0) is 4.74 Å². The van der Waals surface area contributed by atoms with E-state index in [1.165, 1.54) is 38.8 Å². The van der Waals surface area contributed by atoms with Gasteiger partial charge in [-0.2, -0.15) is 0 Å². The van der Waals surface area contributed by atoms with Crippen molar-refractivity contribution in [2.75, 3.05) is 44.3 Å². The first-order chi connectivity index (χ1) is 10.3. The topological polar surface area (TPSA) is 41.5 Å². The molecule has 21 heavy (non-hydrogen) atoms. The van der Waals surface area contributed by atoms with Crippen LogP contribution in [0.4, 0.5) is 5.95 Å². The van der Waals surface area contributed by atoms with E-state index < -0.39 is 0 Å². The summed E-state index contributed by atoms with van der Waals surface area (Å²) in [5.74, 6) is 0.904. The molecule has 5 heteroatoms. The number of nitrogens with zero attached hydrogens (tertiary/aromatic N) is 4. The predicted octanol–water partition coefficient (Wildman–Crippen LogP) is 1.56. The summed E-state index contributed by atoms with van der Waals surface area (Å²) in [5, 5.41) is 0. The number of hydrogen-bond donors (Lipinski definition) is 0. The van der Waals surface area contributed by atoms with Crippen molar-refractivity contribution in [3.8, 4) is 0 Å². The zero-order valence-corrected chi connectivity index (χ0v) is 12.6. The van der Waals surface area contributed by atoms with Gasteiger partial charge in [0.15, 0.2) is 0 Å². The molecule has 4 heterocycles. The van der Waals surface area contributed by atoms with Crippen LogP contribution in [0.5, 0.6) is 0 Å². The van der Waals surface area contributed by atoms with Crippen molar-refractivity contribution < 1.29 is 4.74 Å². The van der Waals surface area contributed by atoms with Crippen molar-refractivity contribution in [2.24, 2.45) is 5.41 Å². The molecule has 4 rings (SSSR count). The van der Waals surface area contributed by atoms with Gasteiger partial charge in [0.1, 0.15) is 0 Å². The zero-order valence-electron chi connectivity index (χ0n) is 12.6. The summed E-state index contributed by atoms with van der Waals surface area (Å²) < 4.78 is 5.54. The van der Waals surface area contributed by atoms with Gasteiger partial charge in [-0.3, -0.25) is 4.90 Å². The molecule has 0 saturated carbocycles. The van der Waals surface area contributed by atoms with Crippen molar-refractivity contribution in [3.63, 3.8) is 0 Å². The summed E-state index contributed by atoms with van der Waals surface area (Å²) in [6, 6.07) is 2.56. The molecular formula is C16H24N4O. The van der Waals surface area contributed by atoms with Crippen LogP contribution in [0.3, 0.4) is 0 Å². The van der Waals surface area contributed by atoms with Crippen molar-refractivity contribution in [2.45, 2.75) is 31.7 Å². The molecule has 0 aromatic carbocycles. The number of hydrogen-bond acceptors (Lipinski definition) is 5. The molecule has 0 unspecified atom stereocenters. The Morgan fingerprint density at radius 1 is 1.10 bits per heavy atom. The Morgan fingerprint density at radius 3 is 2.57 bits per heavy atom. The van der Waals surface area contributed by atoms with E-state index in [1.54, 1.807) is 0 Å². The Bertz CT molecular complexity index is 466. The maximum absolute atomic E-state index is 5.54. The fraction of sp³-hybridized carbons (Fsp3) is 0.750. The molecule has 0 radical (unpaired) electrons. The molecule has 3 fully saturated rings. The van der Waals surface area contributed by atoms with Crippen LogP contribution in [0.15, 0.2) is 18.5 Å². The fourth-order valence-corrected chi connectivity index (χ4v) is 4.14. The lowest BCUT2D eigenvalue weighted by Gasteiger charge is -2.41. The van der Waals surface area contributed by atoms with Gasteiger partial charge in [-0.1, -0.05) is 0 Å². The van der Waals surface area contributed by atoms with Crippen molar-refractivity contribution in [3.05, 3.63) is 18.5 Å². The number of ether oxygens (including phenoxy) is 1. The van der Waals surface area contributed by atoms with Gasteiger partial charge in [-0.05, 0) is 50.3 Å². The van der Waals surface area contributed by atoms with E-state index in [0.29, 0.717) is 11.5 Å². The molecule has 0 bridgehead atoms. The van der Waals surface area contributed by atoms with E-state index in [-0.39, 0.29) is 0 Å². The lowest BCUT2D eigenvalue weighted by Crippen LogP contribution is -2.46. The van der Waals surface area contributed by atoms with Gasteiger partial charge >= 0.3 is 0 Å². The first-order valence-electron chi connectivity index (χ1n) is 8.19. The van der Waals surface area contributed by atoms with Crippen LogP contribution in [-0.4, -0.2) is 60.3 Å². The van der Waals surface area contributed by atoms with E-state index in [0.717, 1.165) is 32.3 Å². The number of rotatable bonds is 2. The van der Waals surface area contributed by atoms with Gasteiger partial charge in [0.05, 0.1) is 6.61 Å². The minimum Gasteiger partial charge on any atom is -0.380 e. The molecule has 1 aromatic rings. The Kier molecular flexibility index (Phi) is 3.55. The smallest absolute Gasteiger partial charge is 0.225 e. The molecule has 1 aromatic heterocycles. The van der Waals surface area contributed by atoms with Gasteiger partial charge in [0.25, 0.3) is 0 Å². The van der Waals surface area contributed by atoms with E-state index >= 15 is 0 Å². The van der Waals surface area contributed by atoms with Crippen molar-refractivity contribution >= 4 is 5.95 Å². The zero-order chi connectivity index (χ0) is 14.1. The second-order valence-corrected chi connectivity index (χ2v) is 6.77. The van der Waals surface area contributed by atoms with Crippen molar-refractivity contribution in [1.29, 1.82) is 0 Å². The SMILES string of the molecule is c1cnc(N2CCC3(CCN([C@H]4CCOC4)CC3)C2)nc1. The highest BCUT2D eigenvalue weighted by Crippen LogP contribution is 2.41. The average Bonchev–Trinajstić information content (AvgIpc) is 3.20. The third-order valence-electron chi connectivity index (χ3n) is 5.55. The van der Waals surface area contributed by atoms with E-state index in [1.807, 2.05) is 18.5 Å². The normalized spacial score (nSPS) is 29.3. The molecule has 0 aliphatic carbocycles. The molecule has 3 saturated heterocycles. The summed E-state index contributed by atoms with van der Waals surface area (Å²) in [6.07, 6.45) is 8.82. The molecule has 3 aliphatic heterocycles. The van der Waals surface area contributed by atoms with Gasteiger partial charge in [-0.25, -0.2) is 9.97 Å². The number of likely N-dealkylation sites (tertiary alicyclic amines) is 1. The number of aromatic nitrogens is 2. The lowest BCUT2D eigenvalue weighted by molar-refractivity contribution is 0.0753. The lowest BCUT2D eigenvalue weighted by atomic mass is 9.77.